The van der Waals surface area contributed by atoms with Gasteiger partial charge in [0.15, 0.2) is 11.7 Å². The average molecular weight is 282 g/mol. The first-order chi connectivity index (χ1) is 9.62. The maximum atomic E-state index is 2.38. The third kappa shape index (κ3) is 3.18. The number of nitrogens with zero attached hydrogens (tertiary/aromatic N) is 1. The summed E-state index contributed by atoms with van der Waals surface area (Å²) in [6.45, 7) is 15.8. The molecule has 2 aromatic rings. The molecule has 0 aliphatic rings. The van der Waals surface area contributed by atoms with Gasteiger partial charge >= 0.3 is 0 Å². The summed E-state index contributed by atoms with van der Waals surface area (Å²) < 4.78 is 2.38. The standard InChI is InChI=1S/C20H28N/c1-15-11-10-12-16(19(2,3)4)18(15)17-13-8-9-14-21(17)20(5,6)7/h8-14H,1-7H3/q+1. The Labute approximate surface area is 129 Å². The molecule has 1 aromatic heterocycles. The van der Waals surface area contributed by atoms with Crippen LogP contribution in [0.2, 0.25) is 0 Å². The van der Waals surface area contributed by atoms with E-state index in [0.29, 0.717) is 0 Å². The Hall–Kier alpha value is -1.63. The molecule has 0 unspecified atom stereocenters. The van der Waals surface area contributed by atoms with Crippen LogP contribution in [0.1, 0.15) is 52.7 Å². The Kier molecular flexibility index (Phi) is 3.97. The van der Waals surface area contributed by atoms with E-state index in [1.54, 1.807) is 0 Å². The van der Waals surface area contributed by atoms with E-state index in [9.17, 15) is 0 Å². The number of aryl methyl sites for hydroxylation is 1. The van der Waals surface area contributed by atoms with Gasteiger partial charge in [0.05, 0.1) is 5.56 Å². The Morgan fingerprint density at radius 2 is 1.48 bits per heavy atom. The van der Waals surface area contributed by atoms with Crippen molar-refractivity contribution in [3.63, 3.8) is 0 Å². The molecule has 1 aromatic carbocycles. The van der Waals surface area contributed by atoms with Crippen molar-refractivity contribution in [2.75, 3.05) is 0 Å². The second kappa shape index (κ2) is 5.29. The van der Waals surface area contributed by atoms with Crippen LogP contribution < -0.4 is 4.57 Å². The highest BCUT2D eigenvalue weighted by Crippen LogP contribution is 2.34. The highest BCUT2D eigenvalue weighted by molar-refractivity contribution is 5.67. The van der Waals surface area contributed by atoms with Gasteiger partial charge in [-0.15, -0.1) is 0 Å². The van der Waals surface area contributed by atoms with Gasteiger partial charge < -0.3 is 0 Å². The van der Waals surface area contributed by atoms with Gasteiger partial charge in [-0.2, -0.15) is 4.57 Å². The molecule has 0 atom stereocenters. The lowest BCUT2D eigenvalue weighted by Crippen LogP contribution is -2.51. The van der Waals surface area contributed by atoms with Crippen molar-refractivity contribution < 1.29 is 4.57 Å². The molecule has 0 amide bonds. The van der Waals surface area contributed by atoms with E-state index in [4.69, 9.17) is 0 Å². The van der Waals surface area contributed by atoms with Crippen LogP contribution in [0.15, 0.2) is 42.6 Å². The fraction of sp³-hybridized carbons (Fsp3) is 0.450. The van der Waals surface area contributed by atoms with Crippen molar-refractivity contribution in [2.45, 2.75) is 59.4 Å². The van der Waals surface area contributed by atoms with Crippen molar-refractivity contribution in [2.24, 2.45) is 0 Å². The molecule has 0 bridgehead atoms. The Morgan fingerprint density at radius 1 is 0.810 bits per heavy atom. The summed E-state index contributed by atoms with van der Waals surface area (Å²) in [6.07, 6.45) is 2.19. The maximum Gasteiger partial charge on any atom is 0.213 e. The minimum Gasteiger partial charge on any atom is -0.194 e. The summed E-state index contributed by atoms with van der Waals surface area (Å²) in [5.74, 6) is 0. The summed E-state index contributed by atoms with van der Waals surface area (Å²) in [7, 11) is 0. The number of benzene rings is 1. The molecule has 2 rings (SSSR count). The lowest BCUT2D eigenvalue weighted by molar-refractivity contribution is -0.744. The van der Waals surface area contributed by atoms with Gasteiger partial charge in [0.1, 0.15) is 0 Å². The molecule has 21 heavy (non-hydrogen) atoms. The van der Waals surface area contributed by atoms with Gasteiger partial charge in [-0.25, -0.2) is 0 Å². The van der Waals surface area contributed by atoms with E-state index in [1.807, 2.05) is 0 Å². The predicted octanol–water partition coefficient (Wildman–Crippen LogP) is 5.00. The highest BCUT2D eigenvalue weighted by Gasteiger charge is 2.30. The summed E-state index contributed by atoms with van der Waals surface area (Å²) >= 11 is 0. The Balaban J connectivity index is 2.81. The van der Waals surface area contributed by atoms with Crippen LogP contribution in [0.25, 0.3) is 11.3 Å². The topological polar surface area (TPSA) is 3.88 Å². The van der Waals surface area contributed by atoms with Crippen LogP contribution in [0.4, 0.5) is 0 Å². The lowest BCUT2D eigenvalue weighted by atomic mass is 9.81. The van der Waals surface area contributed by atoms with E-state index in [2.05, 4.69) is 95.6 Å². The number of hydrogen-bond acceptors (Lipinski definition) is 0. The third-order valence-corrected chi connectivity index (χ3v) is 3.92. The first-order valence-electron chi connectivity index (χ1n) is 7.74. The van der Waals surface area contributed by atoms with Gasteiger partial charge in [-0.05, 0) is 29.5 Å². The molecule has 0 radical (unpaired) electrons. The van der Waals surface area contributed by atoms with Crippen molar-refractivity contribution in [3.05, 3.63) is 53.7 Å². The zero-order valence-electron chi connectivity index (χ0n) is 14.5. The molecule has 1 heteroatoms. The van der Waals surface area contributed by atoms with Crippen molar-refractivity contribution in [1.82, 2.24) is 0 Å². The fourth-order valence-corrected chi connectivity index (χ4v) is 2.86. The molecule has 0 fully saturated rings. The smallest absolute Gasteiger partial charge is 0.194 e. The van der Waals surface area contributed by atoms with Gasteiger partial charge in [-0.3, -0.25) is 0 Å². The lowest BCUT2D eigenvalue weighted by Gasteiger charge is -2.25. The summed E-state index contributed by atoms with van der Waals surface area (Å²) in [5, 5.41) is 0. The number of pyridine rings is 1. The zero-order chi connectivity index (χ0) is 15.8. The molecule has 0 aliphatic carbocycles. The van der Waals surface area contributed by atoms with Gasteiger partial charge in [0.2, 0.25) is 5.69 Å². The molecule has 1 heterocycles. The second-order valence-electron chi connectivity index (χ2n) is 7.87. The van der Waals surface area contributed by atoms with Crippen molar-refractivity contribution >= 4 is 0 Å². The molecular formula is C20H28N+. The minimum absolute atomic E-state index is 0.0635. The van der Waals surface area contributed by atoms with Crippen LogP contribution in [-0.4, -0.2) is 0 Å². The molecule has 0 N–H and O–H groups in total. The Morgan fingerprint density at radius 3 is 2.05 bits per heavy atom. The normalized spacial score (nSPS) is 12.5. The van der Waals surface area contributed by atoms with E-state index in [0.717, 1.165) is 0 Å². The van der Waals surface area contributed by atoms with E-state index in [1.165, 1.54) is 22.4 Å². The quantitative estimate of drug-likeness (QED) is 0.648. The van der Waals surface area contributed by atoms with E-state index in [-0.39, 0.29) is 11.0 Å². The van der Waals surface area contributed by atoms with Crippen LogP contribution >= 0.6 is 0 Å². The predicted molar refractivity (Wildman–Crippen MR) is 90.5 cm³/mol. The van der Waals surface area contributed by atoms with Crippen molar-refractivity contribution in [1.29, 1.82) is 0 Å². The largest absolute Gasteiger partial charge is 0.213 e. The number of aromatic nitrogens is 1. The molecule has 0 saturated heterocycles. The van der Waals surface area contributed by atoms with E-state index < -0.39 is 0 Å². The third-order valence-electron chi connectivity index (χ3n) is 3.92. The van der Waals surface area contributed by atoms with Crippen molar-refractivity contribution in [3.8, 4) is 11.3 Å². The first kappa shape index (κ1) is 15.8. The molecule has 0 aliphatic heterocycles. The molecule has 112 valence electrons. The fourth-order valence-electron chi connectivity index (χ4n) is 2.86. The second-order valence-corrected chi connectivity index (χ2v) is 7.87. The van der Waals surface area contributed by atoms with Gasteiger partial charge in [0, 0.05) is 32.9 Å². The summed E-state index contributed by atoms with van der Waals surface area (Å²) in [4.78, 5) is 0. The van der Waals surface area contributed by atoms with E-state index >= 15 is 0 Å². The SMILES string of the molecule is Cc1cccc(C(C)(C)C)c1-c1cccc[n+]1C(C)(C)C. The maximum absolute atomic E-state index is 2.38. The van der Waals surface area contributed by atoms with Gasteiger partial charge in [-0.1, -0.05) is 39.0 Å². The highest BCUT2D eigenvalue weighted by atomic mass is 15.0. The zero-order valence-corrected chi connectivity index (χ0v) is 14.5. The monoisotopic (exact) mass is 282 g/mol. The van der Waals surface area contributed by atoms with Crippen LogP contribution in [0.5, 0.6) is 0 Å². The van der Waals surface area contributed by atoms with Crippen LogP contribution in [0.3, 0.4) is 0 Å². The van der Waals surface area contributed by atoms with Crippen LogP contribution in [0, 0.1) is 6.92 Å². The van der Waals surface area contributed by atoms with Crippen LogP contribution in [-0.2, 0) is 11.0 Å². The minimum atomic E-state index is 0.0635. The number of rotatable bonds is 1. The molecule has 1 nitrogen and oxygen atoms in total. The molecule has 0 saturated carbocycles. The summed E-state index contributed by atoms with van der Waals surface area (Å²) in [5.41, 5.74) is 5.62. The molecule has 0 spiro atoms. The van der Waals surface area contributed by atoms with Gasteiger partial charge in [0.25, 0.3) is 0 Å². The molecular weight excluding hydrogens is 254 g/mol. The summed E-state index contributed by atoms with van der Waals surface area (Å²) in [6, 6.07) is 13.1. The average Bonchev–Trinajstić information content (AvgIpc) is 2.36. The Bertz CT molecular complexity index is 640. The first-order valence-corrected chi connectivity index (χ1v) is 7.74. The number of hydrogen-bond donors (Lipinski definition) is 0.